The number of hydrogen-bond donors (Lipinski definition) is 0. The van der Waals surface area contributed by atoms with Crippen LogP contribution >= 0.6 is 23.1 Å². The van der Waals surface area contributed by atoms with Gasteiger partial charge in [-0.1, -0.05) is 36.0 Å². The number of benzene rings is 2. The van der Waals surface area contributed by atoms with Crippen LogP contribution in [0.5, 0.6) is 0 Å². The lowest BCUT2D eigenvalue weighted by Crippen LogP contribution is -1.99. The smallest absolute Gasteiger partial charge is 0.172 e. The minimum Gasteiger partial charge on any atom is -0.295 e. The van der Waals surface area contributed by atoms with E-state index in [1.54, 1.807) is 23.1 Å². The highest BCUT2D eigenvalue weighted by molar-refractivity contribution is 7.98. The summed E-state index contributed by atoms with van der Waals surface area (Å²) in [5.41, 5.74) is 4.86. The molecule has 24 heavy (non-hydrogen) atoms. The van der Waals surface area contributed by atoms with E-state index in [4.69, 9.17) is 4.98 Å². The van der Waals surface area contributed by atoms with Crippen LogP contribution in [0, 0.1) is 13.8 Å². The molecule has 0 aliphatic heterocycles. The molecule has 0 spiro atoms. The van der Waals surface area contributed by atoms with Gasteiger partial charge in [0.15, 0.2) is 5.16 Å². The third kappa shape index (κ3) is 2.85. The van der Waals surface area contributed by atoms with Gasteiger partial charge in [0.1, 0.15) is 5.01 Å². The molecule has 120 valence electrons. The van der Waals surface area contributed by atoms with Gasteiger partial charge in [-0.05, 0) is 43.2 Å². The van der Waals surface area contributed by atoms with Gasteiger partial charge in [0.2, 0.25) is 0 Å². The Morgan fingerprint density at radius 1 is 1.08 bits per heavy atom. The average molecular weight is 352 g/mol. The van der Waals surface area contributed by atoms with E-state index < -0.39 is 0 Å². The first-order chi connectivity index (χ1) is 11.7. The van der Waals surface area contributed by atoms with Crippen LogP contribution in [0.1, 0.15) is 16.1 Å². The van der Waals surface area contributed by atoms with Crippen LogP contribution in [-0.4, -0.2) is 14.5 Å². The monoisotopic (exact) mass is 351 g/mol. The van der Waals surface area contributed by atoms with Gasteiger partial charge in [0, 0.05) is 12.4 Å². The van der Waals surface area contributed by atoms with E-state index in [9.17, 15) is 0 Å². The molecule has 0 saturated carbocycles. The Morgan fingerprint density at radius 2 is 1.96 bits per heavy atom. The molecular formula is C19H17N3S2. The maximum Gasteiger partial charge on any atom is 0.172 e. The van der Waals surface area contributed by atoms with E-state index in [0.29, 0.717) is 0 Å². The summed E-state index contributed by atoms with van der Waals surface area (Å²) in [7, 11) is 0. The first-order valence-corrected chi connectivity index (χ1v) is 9.60. The van der Waals surface area contributed by atoms with E-state index in [1.807, 2.05) is 18.5 Å². The molecule has 0 aliphatic carbocycles. The van der Waals surface area contributed by atoms with Gasteiger partial charge in [-0.3, -0.25) is 4.57 Å². The maximum absolute atomic E-state index is 4.71. The molecule has 4 aromatic rings. The van der Waals surface area contributed by atoms with Gasteiger partial charge in [-0.25, -0.2) is 9.97 Å². The third-order valence-corrected chi connectivity index (χ3v) is 6.30. The lowest BCUT2D eigenvalue weighted by molar-refractivity contribution is 0.885. The molecule has 0 radical (unpaired) electrons. The normalized spacial score (nSPS) is 11.2. The summed E-state index contributed by atoms with van der Waals surface area (Å²) in [4.78, 5) is 9.24. The summed E-state index contributed by atoms with van der Waals surface area (Å²) >= 11 is 3.49. The van der Waals surface area contributed by atoms with Gasteiger partial charge < -0.3 is 0 Å². The number of thiazole rings is 1. The fraction of sp³-hybridized carbons (Fsp3) is 0.158. The highest BCUT2D eigenvalue weighted by atomic mass is 32.2. The predicted molar refractivity (Wildman–Crippen MR) is 102 cm³/mol. The summed E-state index contributed by atoms with van der Waals surface area (Å²) in [6.45, 7) is 4.30. The Bertz CT molecular complexity index is 968. The lowest BCUT2D eigenvalue weighted by Gasteiger charge is -2.11. The topological polar surface area (TPSA) is 30.7 Å². The molecule has 0 N–H and O–H groups in total. The zero-order chi connectivity index (χ0) is 16.5. The molecular weight excluding hydrogens is 334 g/mol. The van der Waals surface area contributed by atoms with Crippen molar-refractivity contribution in [2.75, 3.05) is 0 Å². The molecule has 0 atom stereocenters. The largest absolute Gasteiger partial charge is 0.295 e. The molecule has 0 fully saturated rings. The molecule has 2 aromatic heterocycles. The van der Waals surface area contributed by atoms with Gasteiger partial charge >= 0.3 is 0 Å². The zero-order valence-electron chi connectivity index (χ0n) is 13.6. The first-order valence-electron chi connectivity index (χ1n) is 7.79. The summed E-state index contributed by atoms with van der Waals surface area (Å²) in [5.74, 6) is 0.835. The molecule has 2 heterocycles. The van der Waals surface area contributed by atoms with Crippen LogP contribution in [0.15, 0.2) is 60.0 Å². The van der Waals surface area contributed by atoms with E-state index in [0.717, 1.165) is 21.4 Å². The van der Waals surface area contributed by atoms with Crippen LogP contribution in [0.4, 0.5) is 0 Å². The number of para-hydroxylation sites is 1. The fourth-order valence-electron chi connectivity index (χ4n) is 2.68. The fourth-order valence-corrected chi connectivity index (χ4v) is 4.61. The van der Waals surface area contributed by atoms with E-state index in [2.05, 4.69) is 59.8 Å². The second-order valence-corrected chi connectivity index (χ2v) is 7.72. The minimum atomic E-state index is 0.835. The van der Waals surface area contributed by atoms with Crippen molar-refractivity contribution < 1.29 is 0 Å². The van der Waals surface area contributed by atoms with Crippen molar-refractivity contribution >= 4 is 33.3 Å². The van der Waals surface area contributed by atoms with Crippen LogP contribution in [-0.2, 0) is 5.75 Å². The van der Waals surface area contributed by atoms with E-state index >= 15 is 0 Å². The Labute approximate surface area is 149 Å². The van der Waals surface area contributed by atoms with Gasteiger partial charge in [0.25, 0.3) is 0 Å². The number of nitrogens with zero attached hydrogens (tertiary/aromatic N) is 3. The van der Waals surface area contributed by atoms with Crippen molar-refractivity contribution in [1.29, 1.82) is 0 Å². The van der Waals surface area contributed by atoms with E-state index in [1.165, 1.54) is 21.5 Å². The second kappa shape index (κ2) is 6.42. The van der Waals surface area contributed by atoms with Crippen LogP contribution in [0.25, 0.3) is 15.9 Å². The molecule has 0 amide bonds. The number of thioether (sulfide) groups is 1. The Balaban J connectivity index is 1.60. The summed E-state index contributed by atoms with van der Waals surface area (Å²) in [5, 5.41) is 2.14. The zero-order valence-corrected chi connectivity index (χ0v) is 15.2. The molecule has 5 heteroatoms. The van der Waals surface area contributed by atoms with Crippen LogP contribution in [0.3, 0.4) is 0 Å². The third-order valence-electron chi connectivity index (χ3n) is 4.11. The average Bonchev–Trinajstić information content (AvgIpc) is 3.21. The molecule has 0 aliphatic rings. The maximum atomic E-state index is 4.71. The molecule has 3 nitrogen and oxygen atoms in total. The molecule has 4 rings (SSSR count). The molecule has 0 saturated heterocycles. The van der Waals surface area contributed by atoms with Crippen molar-refractivity contribution in [1.82, 2.24) is 14.5 Å². The summed E-state index contributed by atoms with van der Waals surface area (Å²) < 4.78 is 3.41. The van der Waals surface area contributed by atoms with Gasteiger partial charge in [0.05, 0.1) is 21.7 Å². The predicted octanol–water partition coefficient (Wildman–Crippen LogP) is 5.39. The number of aryl methyl sites for hydroxylation is 1. The molecule has 2 aromatic carbocycles. The summed E-state index contributed by atoms with van der Waals surface area (Å²) in [6, 6.07) is 14.7. The quantitative estimate of drug-likeness (QED) is 0.462. The number of aromatic nitrogens is 3. The van der Waals surface area contributed by atoms with Crippen molar-refractivity contribution in [2.24, 2.45) is 0 Å². The standard InChI is InChI=1S/C19H17N3S2/c1-13-6-5-8-16(14(13)2)22-11-10-20-19(22)23-12-18-21-15-7-3-4-9-17(15)24-18/h3-11H,12H2,1-2H3. The number of imidazole rings is 1. The van der Waals surface area contributed by atoms with Crippen LogP contribution < -0.4 is 0 Å². The van der Waals surface area contributed by atoms with Crippen molar-refractivity contribution in [3.63, 3.8) is 0 Å². The van der Waals surface area contributed by atoms with Crippen LogP contribution in [0.2, 0.25) is 0 Å². The number of rotatable bonds is 4. The Hall–Kier alpha value is -2.11. The van der Waals surface area contributed by atoms with Crippen molar-refractivity contribution in [3.8, 4) is 5.69 Å². The summed E-state index contributed by atoms with van der Waals surface area (Å²) in [6.07, 6.45) is 3.89. The van der Waals surface area contributed by atoms with Gasteiger partial charge in [-0.2, -0.15) is 0 Å². The second-order valence-electron chi connectivity index (χ2n) is 5.66. The molecule has 0 unspecified atom stereocenters. The Kier molecular flexibility index (Phi) is 4.12. The lowest BCUT2D eigenvalue weighted by atomic mass is 10.1. The Morgan fingerprint density at radius 3 is 2.83 bits per heavy atom. The van der Waals surface area contributed by atoms with Crippen molar-refractivity contribution in [3.05, 3.63) is 71.0 Å². The molecule has 0 bridgehead atoms. The minimum absolute atomic E-state index is 0.835. The van der Waals surface area contributed by atoms with Crippen molar-refractivity contribution in [2.45, 2.75) is 24.8 Å². The number of fused-ring (bicyclic) bond motifs is 1. The SMILES string of the molecule is Cc1cccc(-n2ccnc2SCc2nc3ccccc3s2)c1C. The highest BCUT2D eigenvalue weighted by Crippen LogP contribution is 2.29. The van der Waals surface area contributed by atoms with E-state index in [-0.39, 0.29) is 0 Å². The highest BCUT2D eigenvalue weighted by Gasteiger charge is 2.11. The number of hydrogen-bond acceptors (Lipinski definition) is 4. The first kappa shape index (κ1) is 15.4. The van der Waals surface area contributed by atoms with Gasteiger partial charge in [-0.15, -0.1) is 11.3 Å².